The number of rotatable bonds is 5. The number of thiocarbonyl (C=S) groups is 1. The van der Waals surface area contributed by atoms with Crippen LogP contribution in [-0.4, -0.2) is 50.9 Å². The van der Waals surface area contributed by atoms with Gasteiger partial charge in [-0.2, -0.15) is 5.10 Å². The van der Waals surface area contributed by atoms with Gasteiger partial charge in [-0.15, -0.1) is 0 Å². The number of halogens is 1. The Bertz CT molecular complexity index is 735. The van der Waals surface area contributed by atoms with E-state index in [4.69, 9.17) is 23.8 Å². The maximum absolute atomic E-state index is 5.92. The number of nitrogens with one attached hydrogen (secondary N) is 1. The Kier molecular flexibility index (Phi) is 6.51. The highest BCUT2D eigenvalue weighted by Crippen LogP contribution is 2.13. The van der Waals surface area contributed by atoms with Crippen molar-refractivity contribution < 1.29 is 0 Å². The van der Waals surface area contributed by atoms with Crippen LogP contribution in [-0.2, 0) is 19.6 Å². The van der Waals surface area contributed by atoms with E-state index in [2.05, 4.69) is 40.3 Å². The van der Waals surface area contributed by atoms with Gasteiger partial charge in [0.2, 0.25) is 0 Å². The summed E-state index contributed by atoms with van der Waals surface area (Å²) in [5, 5.41) is 9.48. The van der Waals surface area contributed by atoms with Crippen LogP contribution in [0, 0.1) is 6.92 Å². The average Bonchev–Trinajstić information content (AvgIpc) is 3.01. The fourth-order valence-electron chi connectivity index (χ4n) is 3.12. The lowest BCUT2D eigenvalue weighted by atomic mass is 10.2. The summed E-state index contributed by atoms with van der Waals surface area (Å²) in [7, 11) is 0. The van der Waals surface area contributed by atoms with Crippen LogP contribution in [0.15, 0.2) is 30.5 Å². The number of nitrogens with zero attached hydrogens (tertiary/aromatic N) is 4. The van der Waals surface area contributed by atoms with Crippen molar-refractivity contribution in [3.05, 3.63) is 52.3 Å². The van der Waals surface area contributed by atoms with Crippen LogP contribution in [0.3, 0.4) is 0 Å². The lowest BCUT2D eigenvalue weighted by Gasteiger charge is -2.36. The molecule has 0 saturated carbocycles. The van der Waals surface area contributed by atoms with E-state index >= 15 is 0 Å². The molecule has 7 heteroatoms. The highest BCUT2D eigenvalue weighted by Gasteiger charge is 2.20. The molecule has 140 valence electrons. The second-order valence-corrected chi connectivity index (χ2v) is 7.47. The Labute approximate surface area is 165 Å². The van der Waals surface area contributed by atoms with Gasteiger partial charge < -0.3 is 10.2 Å². The van der Waals surface area contributed by atoms with E-state index in [0.717, 1.165) is 61.6 Å². The molecule has 0 amide bonds. The van der Waals surface area contributed by atoms with E-state index < -0.39 is 0 Å². The molecular formula is C19H26ClN5S. The first-order valence-corrected chi connectivity index (χ1v) is 9.86. The van der Waals surface area contributed by atoms with Crippen LogP contribution in [0.5, 0.6) is 0 Å². The van der Waals surface area contributed by atoms with E-state index in [-0.39, 0.29) is 0 Å². The number of hydrogen-bond donors (Lipinski definition) is 1. The Morgan fingerprint density at radius 2 is 1.88 bits per heavy atom. The highest BCUT2D eigenvalue weighted by molar-refractivity contribution is 7.80. The molecule has 3 rings (SSSR count). The van der Waals surface area contributed by atoms with E-state index in [1.165, 1.54) is 11.1 Å². The van der Waals surface area contributed by atoms with Crippen LogP contribution in [0.4, 0.5) is 0 Å². The zero-order valence-corrected chi connectivity index (χ0v) is 17.0. The predicted molar refractivity (Wildman–Crippen MR) is 110 cm³/mol. The first-order valence-electron chi connectivity index (χ1n) is 9.07. The minimum Gasteiger partial charge on any atom is -0.358 e. The van der Waals surface area contributed by atoms with E-state index in [1.807, 2.05) is 28.9 Å². The van der Waals surface area contributed by atoms with E-state index in [9.17, 15) is 0 Å². The first kappa shape index (κ1) is 19.1. The third-order valence-corrected chi connectivity index (χ3v) is 5.44. The quantitative estimate of drug-likeness (QED) is 0.793. The SMILES string of the molecule is CCn1cc(CN2CCN(C(=S)NCc3ccc(Cl)cc3)CC2)c(C)n1. The van der Waals surface area contributed by atoms with Gasteiger partial charge in [0, 0.05) is 62.6 Å². The number of aromatic nitrogens is 2. The summed E-state index contributed by atoms with van der Waals surface area (Å²) < 4.78 is 2.01. The summed E-state index contributed by atoms with van der Waals surface area (Å²) in [5.41, 5.74) is 3.64. The Morgan fingerprint density at radius 1 is 1.19 bits per heavy atom. The van der Waals surface area contributed by atoms with Gasteiger partial charge in [-0.1, -0.05) is 23.7 Å². The molecule has 0 atom stereocenters. The monoisotopic (exact) mass is 391 g/mol. The summed E-state index contributed by atoms with van der Waals surface area (Å²) in [5.74, 6) is 0. The molecule has 0 unspecified atom stereocenters. The van der Waals surface area contributed by atoms with Crippen molar-refractivity contribution in [1.82, 2.24) is 24.9 Å². The van der Waals surface area contributed by atoms with Crippen molar-refractivity contribution in [2.75, 3.05) is 26.2 Å². The molecule has 1 aliphatic rings. The minimum atomic E-state index is 0.728. The maximum atomic E-state index is 5.92. The van der Waals surface area contributed by atoms with Crippen molar-refractivity contribution in [2.45, 2.75) is 33.5 Å². The van der Waals surface area contributed by atoms with Crippen molar-refractivity contribution >= 4 is 28.9 Å². The van der Waals surface area contributed by atoms with Crippen LogP contribution in [0.2, 0.25) is 5.02 Å². The van der Waals surface area contributed by atoms with Crippen LogP contribution in [0.1, 0.15) is 23.7 Å². The second-order valence-electron chi connectivity index (χ2n) is 6.64. The van der Waals surface area contributed by atoms with Gasteiger partial charge in [-0.05, 0) is 43.8 Å². The van der Waals surface area contributed by atoms with Crippen molar-refractivity contribution in [3.63, 3.8) is 0 Å². The Balaban J connectivity index is 1.44. The molecule has 1 aromatic carbocycles. The zero-order chi connectivity index (χ0) is 18.5. The smallest absolute Gasteiger partial charge is 0.169 e. The molecular weight excluding hydrogens is 366 g/mol. The average molecular weight is 392 g/mol. The van der Waals surface area contributed by atoms with Gasteiger partial charge >= 0.3 is 0 Å². The first-order chi connectivity index (χ1) is 12.5. The van der Waals surface area contributed by atoms with Crippen LogP contribution in [0.25, 0.3) is 0 Å². The Morgan fingerprint density at radius 3 is 2.50 bits per heavy atom. The van der Waals surface area contributed by atoms with Crippen LogP contribution < -0.4 is 5.32 Å². The molecule has 0 radical (unpaired) electrons. The normalized spacial score (nSPS) is 15.3. The molecule has 0 spiro atoms. The third-order valence-electron chi connectivity index (χ3n) is 4.78. The highest BCUT2D eigenvalue weighted by atomic mass is 35.5. The largest absolute Gasteiger partial charge is 0.358 e. The van der Waals surface area contributed by atoms with Crippen molar-refractivity contribution in [2.24, 2.45) is 0 Å². The molecule has 0 bridgehead atoms. The zero-order valence-electron chi connectivity index (χ0n) is 15.4. The summed E-state index contributed by atoms with van der Waals surface area (Å²) >= 11 is 11.5. The number of benzene rings is 1. The van der Waals surface area contributed by atoms with E-state index in [0.29, 0.717) is 0 Å². The lowest BCUT2D eigenvalue weighted by molar-refractivity contribution is 0.174. The molecule has 2 heterocycles. The fourth-order valence-corrected chi connectivity index (χ4v) is 3.50. The molecule has 26 heavy (non-hydrogen) atoms. The standard InChI is InChI=1S/C19H26ClN5S/c1-3-25-14-17(15(2)22-25)13-23-8-10-24(11-9-23)19(26)21-12-16-4-6-18(20)7-5-16/h4-7,14H,3,8-13H2,1-2H3,(H,21,26). The number of hydrogen-bond acceptors (Lipinski definition) is 3. The lowest BCUT2D eigenvalue weighted by Crippen LogP contribution is -2.51. The molecule has 0 aliphatic carbocycles. The molecule has 1 saturated heterocycles. The third kappa shape index (κ3) is 4.96. The topological polar surface area (TPSA) is 36.3 Å². The van der Waals surface area contributed by atoms with Crippen LogP contribution >= 0.6 is 23.8 Å². The molecule has 1 aliphatic heterocycles. The van der Waals surface area contributed by atoms with Crippen molar-refractivity contribution in [1.29, 1.82) is 0 Å². The second kappa shape index (κ2) is 8.84. The molecule has 1 N–H and O–H groups in total. The summed E-state index contributed by atoms with van der Waals surface area (Å²) in [4.78, 5) is 4.73. The molecule has 1 fully saturated rings. The summed E-state index contributed by atoms with van der Waals surface area (Å²) in [6.07, 6.45) is 2.17. The summed E-state index contributed by atoms with van der Waals surface area (Å²) in [6, 6.07) is 7.86. The van der Waals surface area contributed by atoms with Gasteiger partial charge in [0.25, 0.3) is 0 Å². The number of piperazine rings is 1. The van der Waals surface area contributed by atoms with Crippen molar-refractivity contribution in [3.8, 4) is 0 Å². The Hall–Kier alpha value is -1.63. The predicted octanol–water partition coefficient (Wildman–Crippen LogP) is 3.06. The van der Waals surface area contributed by atoms with Gasteiger partial charge in [0.1, 0.15) is 0 Å². The minimum absolute atomic E-state index is 0.728. The fraction of sp³-hybridized carbons (Fsp3) is 0.474. The summed E-state index contributed by atoms with van der Waals surface area (Å²) in [6.45, 7) is 10.7. The maximum Gasteiger partial charge on any atom is 0.169 e. The van der Waals surface area contributed by atoms with Gasteiger partial charge in [0.15, 0.2) is 5.11 Å². The molecule has 1 aromatic heterocycles. The molecule has 2 aromatic rings. The van der Waals surface area contributed by atoms with E-state index in [1.54, 1.807) is 0 Å². The van der Waals surface area contributed by atoms with Gasteiger partial charge in [-0.25, -0.2) is 0 Å². The van der Waals surface area contributed by atoms with Gasteiger partial charge in [0.05, 0.1) is 5.69 Å². The number of aryl methyl sites for hydroxylation is 2. The molecule has 5 nitrogen and oxygen atoms in total. The van der Waals surface area contributed by atoms with Gasteiger partial charge in [-0.3, -0.25) is 9.58 Å².